The van der Waals surface area contributed by atoms with Crippen LogP contribution in [-0.2, 0) is 14.8 Å². The fourth-order valence-electron chi connectivity index (χ4n) is 3.79. The highest BCUT2D eigenvalue weighted by atomic mass is 32.2. The van der Waals surface area contributed by atoms with Crippen molar-refractivity contribution in [2.24, 2.45) is 22.7 Å². The Morgan fingerprint density at radius 2 is 1.85 bits per heavy atom. The quantitative estimate of drug-likeness (QED) is 0.868. The molecule has 1 N–H and O–H groups in total. The van der Waals surface area contributed by atoms with Gasteiger partial charge in [-0.3, -0.25) is 9.52 Å². The molecule has 4 nitrogen and oxygen atoms in total. The number of carbonyl (C=O) groups is 1. The van der Waals surface area contributed by atoms with Crippen molar-refractivity contribution < 1.29 is 13.2 Å². The van der Waals surface area contributed by atoms with E-state index in [1.807, 2.05) is 0 Å². The largest absolute Gasteiger partial charge is 0.274 e. The third kappa shape index (κ3) is 3.18. The number of amides is 1. The van der Waals surface area contributed by atoms with Crippen LogP contribution in [-0.4, -0.2) is 20.6 Å². The first-order valence-corrected chi connectivity index (χ1v) is 9.50. The van der Waals surface area contributed by atoms with Crippen molar-refractivity contribution >= 4 is 15.9 Å². The number of carbonyl (C=O) groups excluding carboxylic acids is 1. The summed E-state index contributed by atoms with van der Waals surface area (Å²) in [5, 5.41) is 0. The van der Waals surface area contributed by atoms with Gasteiger partial charge in [0.25, 0.3) is 0 Å². The first-order valence-electron chi connectivity index (χ1n) is 7.61. The zero-order chi connectivity index (χ0) is 15.2. The van der Waals surface area contributed by atoms with Gasteiger partial charge in [0.05, 0.1) is 6.26 Å². The van der Waals surface area contributed by atoms with Crippen LogP contribution in [0.25, 0.3) is 0 Å². The summed E-state index contributed by atoms with van der Waals surface area (Å²) in [4.78, 5) is 11.9. The molecule has 2 aliphatic carbocycles. The summed E-state index contributed by atoms with van der Waals surface area (Å²) in [6, 6.07) is 0. The van der Waals surface area contributed by atoms with Crippen LogP contribution in [0.2, 0.25) is 0 Å². The summed E-state index contributed by atoms with van der Waals surface area (Å²) in [5.41, 5.74) is 0.482. The van der Waals surface area contributed by atoms with Crippen LogP contribution < -0.4 is 4.72 Å². The Kier molecular flexibility index (Phi) is 3.95. The lowest BCUT2D eigenvalue weighted by Gasteiger charge is -2.39. The van der Waals surface area contributed by atoms with E-state index in [1.54, 1.807) is 0 Å². The summed E-state index contributed by atoms with van der Waals surface area (Å²) in [5.74, 6) is 0.362. The highest BCUT2D eigenvalue weighted by Gasteiger charge is 2.59. The molecule has 0 bridgehead atoms. The Morgan fingerprint density at radius 3 is 2.30 bits per heavy atom. The van der Waals surface area contributed by atoms with Gasteiger partial charge in [0.15, 0.2) is 0 Å². The van der Waals surface area contributed by atoms with Crippen LogP contribution in [0, 0.1) is 22.7 Å². The van der Waals surface area contributed by atoms with Crippen molar-refractivity contribution in [2.45, 2.75) is 59.3 Å². The number of sulfonamides is 1. The van der Waals surface area contributed by atoms with Crippen LogP contribution in [0.15, 0.2) is 0 Å². The molecule has 5 heteroatoms. The molecule has 0 aliphatic heterocycles. The normalized spacial score (nSPS) is 34.0. The van der Waals surface area contributed by atoms with E-state index in [-0.39, 0.29) is 17.2 Å². The molecule has 1 unspecified atom stereocenters. The molecule has 2 saturated carbocycles. The van der Waals surface area contributed by atoms with E-state index in [9.17, 15) is 13.2 Å². The minimum absolute atomic E-state index is 0.0806. The van der Waals surface area contributed by atoms with E-state index in [0.29, 0.717) is 5.41 Å². The van der Waals surface area contributed by atoms with Gasteiger partial charge in [-0.25, -0.2) is 8.42 Å². The highest BCUT2D eigenvalue weighted by Crippen LogP contribution is 2.63. The topological polar surface area (TPSA) is 63.2 Å². The molecule has 116 valence electrons. The Bertz CT molecular complexity index is 487. The van der Waals surface area contributed by atoms with Gasteiger partial charge >= 0.3 is 0 Å². The zero-order valence-corrected chi connectivity index (χ0v) is 13.8. The van der Waals surface area contributed by atoms with Gasteiger partial charge in [-0.1, -0.05) is 27.2 Å². The lowest BCUT2D eigenvalue weighted by atomic mass is 9.66. The number of hydrogen-bond acceptors (Lipinski definition) is 3. The maximum absolute atomic E-state index is 11.9. The van der Waals surface area contributed by atoms with Crippen LogP contribution >= 0.6 is 0 Å². The van der Waals surface area contributed by atoms with E-state index >= 15 is 0 Å². The summed E-state index contributed by atoms with van der Waals surface area (Å²) >= 11 is 0. The Hall–Kier alpha value is -0.580. The fourth-order valence-corrected chi connectivity index (χ4v) is 4.30. The average molecular weight is 301 g/mol. The van der Waals surface area contributed by atoms with Crippen molar-refractivity contribution in [2.75, 3.05) is 6.26 Å². The van der Waals surface area contributed by atoms with Gasteiger partial charge in [-0.15, -0.1) is 0 Å². The monoisotopic (exact) mass is 301 g/mol. The second-order valence-corrected chi connectivity index (χ2v) is 9.22. The third-order valence-corrected chi connectivity index (χ3v) is 6.36. The van der Waals surface area contributed by atoms with Crippen LogP contribution in [0.4, 0.5) is 0 Å². The molecule has 0 aromatic heterocycles. The standard InChI is InChI=1S/C15H27NO3S/c1-5-14(2,3)11-6-8-15(9-7-11)10-12(15)13(17)16-20(4,18)19/h11-12H,5-10H2,1-4H3,(H,16,17). The Balaban J connectivity index is 1.91. The van der Waals surface area contributed by atoms with E-state index < -0.39 is 10.0 Å². The molecule has 20 heavy (non-hydrogen) atoms. The minimum atomic E-state index is -3.42. The number of rotatable bonds is 4. The molecule has 0 aromatic rings. The molecule has 0 aromatic carbocycles. The summed E-state index contributed by atoms with van der Waals surface area (Å²) in [6.07, 6.45) is 7.58. The van der Waals surface area contributed by atoms with Crippen molar-refractivity contribution in [3.63, 3.8) is 0 Å². The summed E-state index contributed by atoms with van der Waals surface area (Å²) in [6.45, 7) is 6.90. The number of hydrogen-bond donors (Lipinski definition) is 1. The lowest BCUT2D eigenvalue weighted by molar-refractivity contribution is -0.121. The van der Waals surface area contributed by atoms with Gasteiger partial charge < -0.3 is 0 Å². The van der Waals surface area contributed by atoms with Crippen LogP contribution in [0.5, 0.6) is 0 Å². The van der Waals surface area contributed by atoms with Gasteiger partial charge in [0.2, 0.25) is 15.9 Å². The highest BCUT2D eigenvalue weighted by molar-refractivity contribution is 7.89. The van der Waals surface area contributed by atoms with Crippen molar-refractivity contribution in [1.29, 1.82) is 0 Å². The van der Waals surface area contributed by atoms with Gasteiger partial charge in [-0.2, -0.15) is 0 Å². The molecule has 0 saturated heterocycles. The fraction of sp³-hybridized carbons (Fsp3) is 0.933. The van der Waals surface area contributed by atoms with Crippen molar-refractivity contribution in [3.05, 3.63) is 0 Å². The van der Waals surface area contributed by atoms with E-state index in [2.05, 4.69) is 25.5 Å². The molecular weight excluding hydrogens is 274 g/mol. The van der Waals surface area contributed by atoms with Crippen molar-refractivity contribution in [1.82, 2.24) is 4.72 Å². The smallest absolute Gasteiger partial charge is 0.237 e. The second-order valence-electron chi connectivity index (χ2n) is 7.47. The predicted molar refractivity (Wildman–Crippen MR) is 79.6 cm³/mol. The first-order chi connectivity index (χ1) is 9.10. The van der Waals surface area contributed by atoms with Gasteiger partial charge in [-0.05, 0) is 48.9 Å². The molecule has 0 heterocycles. The minimum Gasteiger partial charge on any atom is -0.274 e. The van der Waals surface area contributed by atoms with Crippen LogP contribution in [0.3, 0.4) is 0 Å². The van der Waals surface area contributed by atoms with E-state index in [0.717, 1.165) is 31.4 Å². The average Bonchev–Trinajstić information content (AvgIpc) is 3.02. The van der Waals surface area contributed by atoms with Crippen LogP contribution in [0.1, 0.15) is 59.3 Å². The van der Waals surface area contributed by atoms with E-state index in [4.69, 9.17) is 0 Å². The molecular formula is C15H27NO3S. The molecule has 0 radical (unpaired) electrons. The molecule has 2 aliphatic rings. The first kappa shape index (κ1) is 15.8. The predicted octanol–water partition coefficient (Wildman–Crippen LogP) is 2.69. The Morgan fingerprint density at radius 1 is 1.30 bits per heavy atom. The summed E-state index contributed by atoms with van der Waals surface area (Å²) in [7, 11) is -3.42. The maximum atomic E-state index is 11.9. The lowest BCUT2D eigenvalue weighted by Crippen LogP contribution is -2.34. The maximum Gasteiger partial charge on any atom is 0.237 e. The van der Waals surface area contributed by atoms with Gasteiger partial charge in [0, 0.05) is 5.92 Å². The molecule has 2 fully saturated rings. The summed E-state index contributed by atoms with van der Waals surface area (Å²) < 4.78 is 24.4. The van der Waals surface area contributed by atoms with Gasteiger partial charge in [0.1, 0.15) is 0 Å². The molecule has 1 amide bonds. The molecule has 2 rings (SSSR count). The zero-order valence-electron chi connectivity index (χ0n) is 13.0. The molecule has 1 spiro atoms. The Labute approximate surface area is 122 Å². The third-order valence-electron chi connectivity index (χ3n) is 5.79. The SMILES string of the molecule is CCC(C)(C)C1CCC2(CC1)CC2C(=O)NS(C)(=O)=O. The van der Waals surface area contributed by atoms with Crippen molar-refractivity contribution in [3.8, 4) is 0 Å². The number of nitrogens with one attached hydrogen (secondary N) is 1. The van der Waals surface area contributed by atoms with E-state index in [1.165, 1.54) is 19.3 Å². The second kappa shape index (κ2) is 5.00. The molecule has 1 atom stereocenters.